The standard InChI is InChI=1S/C17H25N3O/c1-2-20-9-5-7-15(20)12-19-17(21)14-10-13-6-3-4-8-16(13)18-11-14/h3-4,6,8,14-15,18H,2,5,7,9-12H2,1H3,(H,19,21). The van der Waals surface area contributed by atoms with Crippen LogP contribution in [0.1, 0.15) is 25.3 Å². The van der Waals surface area contributed by atoms with Gasteiger partial charge in [0.1, 0.15) is 0 Å². The molecular formula is C17H25N3O. The van der Waals surface area contributed by atoms with Crippen molar-refractivity contribution in [1.29, 1.82) is 0 Å². The Kier molecular flexibility index (Phi) is 4.44. The molecule has 3 rings (SSSR count). The van der Waals surface area contributed by atoms with Gasteiger partial charge in [0.05, 0.1) is 5.92 Å². The summed E-state index contributed by atoms with van der Waals surface area (Å²) in [7, 11) is 0. The lowest BCUT2D eigenvalue weighted by atomic mass is 9.93. The van der Waals surface area contributed by atoms with Crippen LogP contribution >= 0.6 is 0 Å². The number of likely N-dealkylation sites (tertiary alicyclic amines) is 1. The Bertz CT molecular complexity index is 503. The second-order valence-corrected chi connectivity index (χ2v) is 6.11. The number of benzene rings is 1. The molecular weight excluding hydrogens is 262 g/mol. The smallest absolute Gasteiger partial charge is 0.225 e. The van der Waals surface area contributed by atoms with Crippen molar-refractivity contribution in [2.24, 2.45) is 5.92 Å². The average molecular weight is 287 g/mol. The highest BCUT2D eigenvalue weighted by atomic mass is 16.1. The molecule has 1 aromatic carbocycles. The maximum absolute atomic E-state index is 12.4. The van der Waals surface area contributed by atoms with Gasteiger partial charge in [-0.25, -0.2) is 0 Å². The predicted molar refractivity (Wildman–Crippen MR) is 85.4 cm³/mol. The molecule has 1 amide bonds. The fourth-order valence-electron chi connectivity index (χ4n) is 3.53. The van der Waals surface area contributed by atoms with Gasteiger partial charge in [0.15, 0.2) is 0 Å². The van der Waals surface area contributed by atoms with Crippen LogP contribution < -0.4 is 10.6 Å². The first-order valence-corrected chi connectivity index (χ1v) is 8.11. The Morgan fingerprint density at radius 1 is 1.43 bits per heavy atom. The largest absolute Gasteiger partial charge is 0.384 e. The Morgan fingerprint density at radius 3 is 3.14 bits per heavy atom. The number of nitrogens with zero attached hydrogens (tertiary/aromatic N) is 1. The van der Waals surface area contributed by atoms with Gasteiger partial charge < -0.3 is 10.6 Å². The molecule has 0 spiro atoms. The van der Waals surface area contributed by atoms with E-state index in [4.69, 9.17) is 0 Å². The van der Waals surface area contributed by atoms with Gasteiger partial charge in [0.2, 0.25) is 5.91 Å². The van der Waals surface area contributed by atoms with Gasteiger partial charge in [-0.2, -0.15) is 0 Å². The SMILES string of the molecule is CCN1CCCC1CNC(=O)C1CNc2ccccc2C1. The number of para-hydroxylation sites is 1. The molecule has 2 unspecified atom stereocenters. The number of amides is 1. The molecule has 0 saturated carbocycles. The number of hydrogen-bond acceptors (Lipinski definition) is 3. The minimum atomic E-state index is 0.0522. The minimum Gasteiger partial charge on any atom is -0.384 e. The zero-order chi connectivity index (χ0) is 14.7. The summed E-state index contributed by atoms with van der Waals surface area (Å²) in [6.07, 6.45) is 3.31. The second kappa shape index (κ2) is 6.48. The number of hydrogen-bond donors (Lipinski definition) is 2. The Hall–Kier alpha value is -1.55. The van der Waals surface area contributed by atoms with Crippen molar-refractivity contribution in [2.45, 2.75) is 32.2 Å². The van der Waals surface area contributed by atoms with Crippen LogP contribution in [0.3, 0.4) is 0 Å². The third-order valence-electron chi connectivity index (χ3n) is 4.81. The molecule has 1 fully saturated rings. The minimum absolute atomic E-state index is 0.0522. The van der Waals surface area contributed by atoms with Crippen molar-refractivity contribution >= 4 is 11.6 Å². The molecule has 0 aliphatic carbocycles. The fourth-order valence-corrected chi connectivity index (χ4v) is 3.53. The monoisotopic (exact) mass is 287 g/mol. The van der Waals surface area contributed by atoms with Crippen LogP contribution in [0, 0.1) is 5.92 Å². The van der Waals surface area contributed by atoms with E-state index in [9.17, 15) is 4.79 Å². The highest BCUT2D eigenvalue weighted by Gasteiger charge is 2.27. The van der Waals surface area contributed by atoms with Gasteiger partial charge in [0.25, 0.3) is 0 Å². The number of fused-ring (bicyclic) bond motifs is 1. The molecule has 2 atom stereocenters. The third kappa shape index (κ3) is 3.21. The summed E-state index contributed by atoms with van der Waals surface area (Å²) in [5, 5.41) is 6.54. The molecule has 21 heavy (non-hydrogen) atoms. The van der Waals surface area contributed by atoms with Crippen molar-refractivity contribution in [1.82, 2.24) is 10.2 Å². The van der Waals surface area contributed by atoms with Gasteiger partial charge in [-0.3, -0.25) is 9.69 Å². The third-order valence-corrected chi connectivity index (χ3v) is 4.81. The van der Waals surface area contributed by atoms with E-state index in [1.165, 1.54) is 30.6 Å². The van der Waals surface area contributed by atoms with Crippen LogP contribution in [0.5, 0.6) is 0 Å². The van der Waals surface area contributed by atoms with E-state index < -0.39 is 0 Å². The maximum atomic E-state index is 12.4. The van der Waals surface area contributed by atoms with E-state index in [-0.39, 0.29) is 11.8 Å². The first kappa shape index (κ1) is 14.4. The summed E-state index contributed by atoms with van der Waals surface area (Å²) >= 11 is 0. The highest BCUT2D eigenvalue weighted by Crippen LogP contribution is 2.24. The second-order valence-electron chi connectivity index (χ2n) is 6.11. The average Bonchev–Trinajstić information content (AvgIpc) is 2.99. The van der Waals surface area contributed by atoms with Gasteiger partial charge in [-0.15, -0.1) is 0 Å². The van der Waals surface area contributed by atoms with Gasteiger partial charge in [-0.05, 0) is 44.0 Å². The van der Waals surface area contributed by atoms with E-state index in [1.807, 2.05) is 12.1 Å². The molecule has 0 radical (unpaired) electrons. The Morgan fingerprint density at radius 2 is 2.29 bits per heavy atom. The predicted octanol–water partition coefficient (Wildman–Crippen LogP) is 1.87. The van der Waals surface area contributed by atoms with Crippen molar-refractivity contribution in [3.8, 4) is 0 Å². The molecule has 2 N–H and O–H groups in total. The Labute approximate surface area is 126 Å². The lowest BCUT2D eigenvalue weighted by Gasteiger charge is -2.27. The van der Waals surface area contributed by atoms with E-state index >= 15 is 0 Å². The van der Waals surface area contributed by atoms with E-state index in [1.54, 1.807) is 0 Å². The van der Waals surface area contributed by atoms with E-state index in [0.717, 1.165) is 26.1 Å². The van der Waals surface area contributed by atoms with Crippen LogP contribution in [0.15, 0.2) is 24.3 Å². The number of anilines is 1. The van der Waals surface area contributed by atoms with Crippen LogP contribution in [-0.4, -0.2) is 43.0 Å². The number of nitrogens with one attached hydrogen (secondary N) is 2. The Balaban J connectivity index is 1.52. The summed E-state index contributed by atoms with van der Waals surface area (Å²) < 4.78 is 0. The van der Waals surface area contributed by atoms with Crippen LogP contribution in [0.2, 0.25) is 0 Å². The summed E-state index contributed by atoms with van der Waals surface area (Å²) in [4.78, 5) is 14.9. The molecule has 0 bridgehead atoms. The number of carbonyl (C=O) groups is 1. The highest BCUT2D eigenvalue weighted by molar-refractivity contribution is 5.80. The molecule has 2 heterocycles. The number of carbonyl (C=O) groups excluding carboxylic acids is 1. The molecule has 114 valence electrons. The quantitative estimate of drug-likeness (QED) is 0.888. The molecule has 1 saturated heterocycles. The molecule has 2 aliphatic rings. The molecule has 0 aromatic heterocycles. The number of rotatable bonds is 4. The van der Waals surface area contributed by atoms with Crippen LogP contribution in [-0.2, 0) is 11.2 Å². The lowest BCUT2D eigenvalue weighted by molar-refractivity contribution is -0.124. The summed E-state index contributed by atoms with van der Waals surface area (Å²) in [6.45, 7) is 5.99. The maximum Gasteiger partial charge on any atom is 0.225 e. The fraction of sp³-hybridized carbons (Fsp3) is 0.588. The first-order valence-electron chi connectivity index (χ1n) is 8.11. The molecule has 4 heteroatoms. The van der Waals surface area contributed by atoms with E-state index in [0.29, 0.717) is 6.04 Å². The van der Waals surface area contributed by atoms with Crippen molar-refractivity contribution in [2.75, 3.05) is 31.5 Å². The molecule has 1 aromatic rings. The van der Waals surface area contributed by atoms with Crippen molar-refractivity contribution < 1.29 is 4.79 Å². The van der Waals surface area contributed by atoms with E-state index in [2.05, 4.69) is 34.6 Å². The summed E-state index contributed by atoms with van der Waals surface area (Å²) in [5.74, 6) is 0.247. The molecule has 2 aliphatic heterocycles. The topological polar surface area (TPSA) is 44.4 Å². The normalized spacial score (nSPS) is 25.2. The van der Waals surface area contributed by atoms with Crippen molar-refractivity contribution in [3.63, 3.8) is 0 Å². The summed E-state index contributed by atoms with van der Waals surface area (Å²) in [6, 6.07) is 8.80. The number of likely N-dealkylation sites (N-methyl/N-ethyl adjacent to an activating group) is 1. The van der Waals surface area contributed by atoms with Gasteiger partial charge >= 0.3 is 0 Å². The zero-order valence-corrected chi connectivity index (χ0v) is 12.8. The van der Waals surface area contributed by atoms with Crippen LogP contribution in [0.25, 0.3) is 0 Å². The first-order chi connectivity index (χ1) is 10.3. The van der Waals surface area contributed by atoms with Crippen LogP contribution in [0.4, 0.5) is 5.69 Å². The van der Waals surface area contributed by atoms with Gasteiger partial charge in [-0.1, -0.05) is 25.1 Å². The van der Waals surface area contributed by atoms with Crippen molar-refractivity contribution in [3.05, 3.63) is 29.8 Å². The lowest BCUT2D eigenvalue weighted by Crippen LogP contribution is -2.44. The van der Waals surface area contributed by atoms with Gasteiger partial charge in [0, 0.05) is 24.8 Å². The molecule has 4 nitrogen and oxygen atoms in total. The zero-order valence-electron chi connectivity index (χ0n) is 12.8. The summed E-state index contributed by atoms with van der Waals surface area (Å²) in [5.41, 5.74) is 2.43.